The smallest absolute Gasteiger partial charge is 0.254 e. The molecule has 2 aromatic rings. The maximum atomic E-state index is 13.7. The Hall–Kier alpha value is -2.76. The number of amides is 2. The van der Waals surface area contributed by atoms with Crippen molar-refractivity contribution in [2.24, 2.45) is 5.92 Å². The van der Waals surface area contributed by atoms with Crippen LogP contribution in [0, 0.1) is 17.6 Å². The van der Waals surface area contributed by atoms with E-state index in [0.29, 0.717) is 13.0 Å². The minimum atomic E-state index is -0.782. The van der Waals surface area contributed by atoms with Crippen LogP contribution in [0.3, 0.4) is 0 Å². The van der Waals surface area contributed by atoms with Crippen molar-refractivity contribution >= 4 is 11.8 Å². The van der Waals surface area contributed by atoms with Gasteiger partial charge in [-0.25, -0.2) is 8.78 Å². The van der Waals surface area contributed by atoms with E-state index in [4.69, 9.17) is 0 Å². The third kappa shape index (κ3) is 5.37. The van der Waals surface area contributed by atoms with Crippen molar-refractivity contribution in [1.29, 1.82) is 0 Å². The second-order valence-corrected chi connectivity index (χ2v) is 6.34. The number of carbonyl (C=O) groups excluding carboxylic acids is 2. The lowest BCUT2D eigenvalue weighted by molar-refractivity contribution is -0.123. The molecule has 0 saturated heterocycles. The summed E-state index contributed by atoms with van der Waals surface area (Å²) in [6, 6.07) is 10.9. The Bertz CT molecular complexity index is 761. The summed E-state index contributed by atoms with van der Waals surface area (Å²) in [5, 5.41) is 5.35. The third-order valence-corrected chi connectivity index (χ3v) is 3.98. The summed E-state index contributed by atoms with van der Waals surface area (Å²) in [6.45, 7) is 3.95. The Morgan fingerprint density at radius 1 is 1.00 bits per heavy atom. The van der Waals surface area contributed by atoms with Gasteiger partial charge in [-0.1, -0.05) is 38.1 Å². The molecule has 2 N–H and O–H groups in total. The van der Waals surface area contributed by atoms with Gasteiger partial charge in [-0.3, -0.25) is 9.59 Å². The zero-order chi connectivity index (χ0) is 19.1. The maximum absolute atomic E-state index is 13.7. The molecule has 0 aliphatic carbocycles. The van der Waals surface area contributed by atoms with Gasteiger partial charge in [-0.05, 0) is 42.2 Å². The summed E-state index contributed by atoms with van der Waals surface area (Å²) in [6.07, 6.45) is 0.540. The van der Waals surface area contributed by atoms with Crippen LogP contribution in [0.2, 0.25) is 0 Å². The van der Waals surface area contributed by atoms with E-state index in [-0.39, 0.29) is 23.2 Å². The molecule has 2 aromatic carbocycles. The first-order valence-corrected chi connectivity index (χ1v) is 8.46. The van der Waals surface area contributed by atoms with E-state index < -0.39 is 17.8 Å². The highest BCUT2D eigenvalue weighted by Crippen LogP contribution is 2.09. The van der Waals surface area contributed by atoms with Crippen LogP contribution in [0.15, 0.2) is 48.5 Å². The molecule has 1 atom stereocenters. The first kappa shape index (κ1) is 19.6. The summed E-state index contributed by atoms with van der Waals surface area (Å²) in [4.78, 5) is 24.6. The summed E-state index contributed by atoms with van der Waals surface area (Å²) in [5.74, 6) is -2.09. The lowest BCUT2D eigenvalue weighted by Crippen LogP contribution is -2.50. The van der Waals surface area contributed by atoms with Gasteiger partial charge in [0, 0.05) is 6.54 Å². The molecular formula is C20H22F2N2O2. The zero-order valence-electron chi connectivity index (χ0n) is 14.8. The van der Waals surface area contributed by atoms with Crippen molar-refractivity contribution in [2.45, 2.75) is 26.3 Å². The first-order valence-electron chi connectivity index (χ1n) is 8.46. The van der Waals surface area contributed by atoms with E-state index in [2.05, 4.69) is 10.6 Å². The van der Waals surface area contributed by atoms with Crippen LogP contribution in [0.4, 0.5) is 8.78 Å². The lowest BCUT2D eigenvalue weighted by atomic mass is 10.0. The van der Waals surface area contributed by atoms with Crippen molar-refractivity contribution in [2.75, 3.05) is 6.54 Å². The van der Waals surface area contributed by atoms with Crippen molar-refractivity contribution in [3.8, 4) is 0 Å². The maximum Gasteiger partial charge on any atom is 0.254 e. The standard InChI is InChI=1S/C20H22F2N2O2/c1-13(2)18(24-19(25)16-5-3-4-6-17(16)22)20(26)23-12-11-14-7-9-15(21)10-8-14/h3-10,13,18H,11-12H2,1-2H3,(H,23,26)(H,24,25). The number of halogens is 2. The van der Waals surface area contributed by atoms with Crippen molar-refractivity contribution in [1.82, 2.24) is 10.6 Å². The lowest BCUT2D eigenvalue weighted by Gasteiger charge is -2.22. The van der Waals surface area contributed by atoms with E-state index in [9.17, 15) is 18.4 Å². The number of benzene rings is 2. The molecule has 1 unspecified atom stereocenters. The second-order valence-electron chi connectivity index (χ2n) is 6.34. The molecule has 0 radical (unpaired) electrons. The van der Waals surface area contributed by atoms with Crippen LogP contribution in [0.25, 0.3) is 0 Å². The summed E-state index contributed by atoms with van der Waals surface area (Å²) < 4.78 is 26.6. The number of nitrogens with one attached hydrogen (secondary N) is 2. The van der Waals surface area contributed by atoms with Crippen LogP contribution in [0.1, 0.15) is 29.8 Å². The van der Waals surface area contributed by atoms with Gasteiger partial charge in [0.1, 0.15) is 17.7 Å². The number of carbonyl (C=O) groups is 2. The van der Waals surface area contributed by atoms with Gasteiger partial charge in [-0.2, -0.15) is 0 Å². The van der Waals surface area contributed by atoms with E-state index in [0.717, 1.165) is 5.56 Å². The normalized spacial score (nSPS) is 11.9. The van der Waals surface area contributed by atoms with Gasteiger partial charge >= 0.3 is 0 Å². The molecule has 0 heterocycles. The number of hydrogen-bond donors (Lipinski definition) is 2. The molecule has 0 aromatic heterocycles. The van der Waals surface area contributed by atoms with Crippen LogP contribution in [0.5, 0.6) is 0 Å². The minimum Gasteiger partial charge on any atom is -0.354 e. The Morgan fingerprint density at radius 3 is 2.27 bits per heavy atom. The van der Waals surface area contributed by atoms with Crippen LogP contribution < -0.4 is 10.6 Å². The Kier molecular flexibility index (Phi) is 6.83. The second kappa shape index (κ2) is 9.08. The van der Waals surface area contributed by atoms with Crippen LogP contribution >= 0.6 is 0 Å². The fourth-order valence-electron chi connectivity index (χ4n) is 2.49. The van der Waals surface area contributed by atoms with Gasteiger partial charge in [0.2, 0.25) is 5.91 Å². The highest BCUT2D eigenvalue weighted by atomic mass is 19.1. The van der Waals surface area contributed by atoms with Crippen molar-refractivity contribution < 1.29 is 18.4 Å². The van der Waals surface area contributed by atoms with Crippen molar-refractivity contribution in [3.63, 3.8) is 0 Å². The molecule has 2 rings (SSSR count). The molecule has 138 valence electrons. The first-order chi connectivity index (χ1) is 12.4. The molecule has 0 aliphatic heterocycles. The fourth-order valence-corrected chi connectivity index (χ4v) is 2.49. The third-order valence-electron chi connectivity index (χ3n) is 3.98. The van der Waals surface area contributed by atoms with Crippen LogP contribution in [-0.2, 0) is 11.2 Å². The van der Waals surface area contributed by atoms with Crippen LogP contribution in [-0.4, -0.2) is 24.4 Å². The fraction of sp³-hybridized carbons (Fsp3) is 0.300. The average molecular weight is 360 g/mol. The molecule has 0 spiro atoms. The molecule has 0 bridgehead atoms. The average Bonchev–Trinajstić information content (AvgIpc) is 2.61. The predicted octanol–water partition coefficient (Wildman–Crippen LogP) is 3.08. The zero-order valence-corrected chi connectivity index (χ0v) is 14.8. The van der Waals surface area contributed by atoms with Gasteiger partial charge in [0.25, 0.3) is 5.91 Å². The molecule has 0 fully saturated rings. The monoisotopic (exact) mass is 360 g/mol. The molecule has 4 nitrogen and oxygen atoms in total. The Morgan fingerprint density at radius 2 is 1.65 bits per heavy atom. The highest BCUT2D eigenvalue weighted by molar-refractivity contribution is 5.97. The highest BCUT2D eigenvalue weighted by Gasteiger charge is 2.25. The predicted molar refractivity (Wildman–Crippen MR) is 95.6 cm³/mol. The molecule has 26 heavy (non-hydrogen) atoms. The van der Waals surface area contributed by atoms with Gasteiger partial charge in [0.15, 0.2) is 0 Å². The largest absolute Gasteiger partial charge is 0.354 e. The number of hydrogen-bond acceptors (Lipinski definition) is 2. The van der Waals surface area contributed by atoms with E-state index >= 15 is 0 Å². The summed E-state index contributed by atoms with van der Waals surface area (Å²) in [5.41, 5.74) is 0.792. The molecular weight excluding hydrogens is 338 g/mol. The quantitative estimate of drug-likeness (QED) is 0.797. The molecule has 0 aliphatic rings. The topological polar surface area (TPSA) is 58.2 Å². The number of rotatable bonds is 7. The Labute approximate surface area is 151 Å². The molecule has 6 heteroatoms. The van der Waals surface area contributed by atoms with E-state index in [1.165, 1.54) is 30.3 Å². The van der Waals surface area contributed by atoms with E-state index in [1.54, 1.807) is 32.0 Å². The minimum absolute atomic E-state index is 0.0998. The van der Waals surface area contributed by atoms with Gasteiger partial charge < -0.3 is 10.6 Å². The van der Waals surface area contributed by atoms with Gasteiger partial charge in [0.05, 0.1) is 5.56 Å². The molecule has 0 saturated carbocycles. The SMILES string of the molecule is CC(C)C(NC(=O)c1ccccc1F)C(=O)NCCc1ccc(F)cc1. The van der Waals surface area contributed by atoms with Crippen molar-refractivity contribution in [3.05, 3.63) is 71.3 Å². The molecule has 2 amide bonds. The Balaban J connectivity index is 1.93. The van der Waals surface area contributed by atoms with Gasteiger partial charge in [-0.15, -0.1) is 0 Å². The summed E-state index contributed by atoms with van der Waals surface area (Å²) in [7, 11) is 0. The summed E-state index contributed by atoms with van der Waals surface area (Å²) >= 11 is 0. The van der Waals surface area contributed by atoms with E-state index in [1.807, 2.05) is 0 Å².